The summed E-state index contributed by atoms with van der Waals surface area (Å²) in [5.74, 6) is 1.13. The molecule has 1 heterocycles. The number of urea groups is 1. The van der Waals surface area contributed by atoms with Gasteiger partial charge in [0, 0.05) is 18.0 Å². The summed E-state index contributed by atoms with van der Waals surface area (Å²) in [7, 11) is 0. The van der Waals surface area contributed by atoms with Crippen LogP contribution in [0.15, 0.2) is 12.3 Å². The first-order valence-corrected chi connectivity index (χ1v) is 7.67. The highest BCUT2D eigenvalue weighted by Gasteiger charge is 2.36. The Hall–Kier alpha value is -1.56. The highest BCUT2D eigenvalue weighted by molar-refractivity contribution is 5.88. The molecule has 1 fully saturated rings. The molecule has 0 aliphatic heterocycles. The van der Waals surface area contributed by atoms with Crippen LogP contribution in [0.5, 0.6) is 0 Å². The molecular formula is C15H26N4O2. The van der Waals surface area contributed by atoms with Gasteiger partial charge in [0.1, 0.15) is 5.82 Å². The van der Waals surface area contributed by atoms with E-state index < -0.39 is 0 Å². The minimum Gasteiger partial charge on any atom is -0.396 e. The SMILES string of the molecule is CC(C)[C@H](C)n1nccc1NC(=O)NCC1(CO)CCC1. The van der Waals surface area contributed by atoms with Crippen LogP contribution in [0.1, 0.15) is 46.1 Å². The number of rotatable bonds is 6. The van der Waals surface area contributed by atoms with E-state index in [1.54, 1.807) is 12.3 Å². The number of aliphatic hydroxyl groups excluding tert-OH is 1. The zero-order valence-corrected chi connectivity index (χ0v) is 13.1. The van der Waals surface area contributed by atoms with Crippen molar-refractivity contribution in [3.05, 3.63) is 12.3 Å². The monoisotopic (exact) mass is 294 g/mol. The summed E-state index contributed by atoms with van der Waals surface area (Å²) in [6.45, 7) is 6.98. The smallest absolute Gasteiger partial charge is 0.320 e. The molecule has 0 saturated heterocycles. The third-order valence-electron chi connectivity index (χ3n) is 4.64. The predicted molar refractivity (Wildman–Crippen MR) is 82.2 cm³/mol. The van der Waals surface area contributed by atoms with E-state index in [4.69, 9.17) is 0 Å². The summed E-state index contributed by atoms with van der Waals surface area (Å²) >= 11 is 0. The molecule has 6 heteroatoms. The van der Waals surface area contributed by atoms with Gasteiger partial charge in [0.2, 0.25) is 0 Å². The van der Waals surface area contributed by atoms with Crippen LogP contribution >= 0.6 is 0 Å². The van der Waals surface area contributed by atoms with Gasteiger partial charge in [0.25, 0.3) is 0 Å². The lowest BCUT2D eigenvalue weighted by molar-refractivity contribution is 0.0476. The molecule has 0 spiro atoms. The van der Waals surface area contributed by atoms with E-state index in [9.17, 15) is 9.90 Å². The second-order valence-electron chi connectivity index (χ2n) is 6.46. The molecule has 3 N–H and O–H groups in total. The van der Waals surface area contributed by atoms with Crippen LogP contribution in [0.25, 0.3) is 0 Å². The van der Waals surface area contributed by atoms with Crippen LogP contribution < -0.4 is 10.6 Å². The van der Waals surface area contributed by atoms with Gasteiger partial charge in [-0.2, -0.15) is 5.10 Å². The fourth-order valence-electron chi connectivity index (χ4n) is 2.52. The number of hydrogen-bond acceptors (Lipinski definition) is 3. The molecule has 0 bridgehead atoms. The van der Waals surface area contributed by atoms with Gasteiger partial charge < -0.3 is 10.4 Å². The van der Waals surface area contributed by atoms with Gasteiger partial charge in [-0.05, 0) is 25.7 Å². The number of aliphatic hydroxyl groups is 1. The van der Waals surface area contributed by atoms with Crippen molar-refractivity contribution in [3.8, 4) is 0 Å². The standard InChI is InChI=1S/C15H26N4O2/c1-11(2)12(3)19-13(5-8-17-19)18-14(21)16-9-15(10-20)6-4-7-15/h5,8,11-12,20H,4,6-7,9-10H2,1-3H3,(H2,16,18,21)/t12-/m0/s1. The van der Waals surface area contributed by atoms with E-state index in [1.807, 2.05) is 4.68 Å². The highest BCUT2D eigenvalue weighted by Crippen LogP contribution is 2.39. The van der Waals surface area contributed by atoms with Crippen molar-refractivity contribution in [2.24, 2.45) is 11.3 Å². The van der Waals surface area contributed by atoms with Crippen LogP contribution in [0.2, 0.25) is 0 Å². The van der Waals surface area contributed by atoms with E-state index in [2.05, 4.69) is 36.5 Å². The predicted octanol–water partition coefficient (Wildman–Crippen LogP) is 2.38. The first kappa shape index (κ1) is 15.8. The quantitative estimate of drug-likeness (QED) is 0.753. The maximum Gasteiger partial charge on any atom is 0.320 e. The lowest BCUT2D eigenvalue weighted by Gasteiger charge is -2.40. The molecule has 2 amide bonds. The number of carbonyl (C=O) groups is 1. The summed E-state index contributed by atoms with van der Waals surface area (Å²) < 4.78 is 1.83. The maximum absolute atomic E-state index is 12.0. The van der Waals surface area contributed by atoms with Gasteiger partial charge in [-0.15, -0.1) is 0 Å². The normalized spacial score (nSPS) is 18.1. The summed E-state index contributed by atoms with van der Waals surface area (Å²) in [6, 6.07) is 1.77. The molecule has 1 aliphatic carbocycles. The molecule has 1 atom stereocenters. The van der Waals surface area contributed by atoms with Crippen molar-refractivity contribution in [2.75, 3.05) is 18.5 Å². The van der Waals surface area contributed by atoms with E-state index in [1.165, 1.54) is 0 Å². The Kier molecular flexibility index (Phi) is 4.88. The maximum atomic E-state index is 12.0. The molecular weight excluding hydrogens is 268 g/mol. The Morgan fingerprint density at radius 1 is 1.48 bits per heavy atom. The van der Waals surface area contributed by atoms with Crippen molar-refractivity contribution < 1.29 is 9.90 Å². The van der Waals surface area contributed by atoms with Crippen molar-refractivity contribution in [1.29, 1.82) is 0 Å². The molecule has 1 saturated carbocycles. The number of hydrogen-bond donors (Lipinski definition) is 3. The molecule has 1 aromatic heterocycles. The van der Waals surface area contributed by atoms with E-state index in [0.29, 0.717) is 18.3 Å². The average molecular weight is 294 g/mol. The van der Waals surface area contributed by atoms with E-state index >= 15 is 0 Å². The van der Waals surface area contributed by atoms with Crippen molar-refractivity contribution in [3.63, 3.8) is 0 Å². The van der Waals surface area contributed by atoms with Crippen molar-refractivity contribution >= 4 is 11.8 Å². The number of nitrogens with one attached hydrogen (secondary N) is 2. The van der Waals surface area contributed by atoms with E-state index in [-0.39, 0.29) is 24.1 Å². The summed E-state index contributed by atoms with van der Waals surface area (Å²) in [5, 5.41) is 19.4. The fraction of sp³-hybridized carbons (Fsp3) is 0.733. The first-order chi connectivity index (χ1) is 9.97. The van der Waals surface area contributed by atoms with Crippen LogP contribution in [0.4, 0.5) is 10.6 Å². The van der Waals surface area contributed by atoms with Gasteiger partial charge in [-0.3, -0.25) is 5.32 Å². The zero-order valence-electron chi connectivity index (χ0n) is 13.1. The summed E-state index contributed by atoms with van der Waals surface area (Å²) in [5.41, 5.74) is -0.108. The molecule has 6 nitrogen and oxygen atoms in total. The van der Waals surface area contributed by atoms with Crippen LogP contribution in [0, 0.1) is 11.3 Å². The minimum atomic E-state index is -0.243. The van der Waals surface area contributed by atoms with Crippen LogP contribution in [-0.2, 0) is 0 Å². The Bertz CT molecular complexity index is 474. The molecule has 0 aromatic carbocycles. The molecule has 0 radical (unpaired) electrons. The third kappa shape index (κ3) is 3.56. The van der Waals surface area contributed by atoms with Gasteiger partial charge in [0.05, 0.1) is 18.8 Å². The molecule has 1 aromatic rings. The first-order valence-electron chi connectivity index (χ1n) is 7.67. The van der Waals surface area contributed by atoms with E-state index in [0.717, 1.165) is 19.3 Å². The Balaban J connectivity index is 1.90. The van der Waals surface area contributed by atoms with Gasteiger partial charge >= 0.3 is 6.03 Å². The summed E-state index contributed by atoms with van der Waals surface area (Å²) in [6.07, 6.45) is 4.77. The third-order valence-corrected chi connectivity index (χ3v) is 4.64. The topological polar surface area (TPSA) is 79.2 Å². The number of aromatic nitrogens is 2. The zero-order chi connectivity index (χ0) is 15.5. The molecule has 21 heavy (non-hydrogen) atoms. The number of anilines is 1. The number of nitrogens with zero attached hydrogens (tertiary/aromatic N) is 2. The number of amides is 2. The lowest BCUT2D eigenvalue weighted by atomic mass is 9.69. The Morgan fingerprint density at radius 2 is 2.19 bits per heavy atom. The lowest BCUT2D eigenvalue weighted by Crippen LogP contribution is -2.45. The molecule has 2 rings (SSSR count). The van der Waals surface area contributed by atoms with Crippen molar-refractivity contribution in [2.45, 2.75) is 46.1 Å². The minimum absolute atomic E-state index is 0.108. The molecule has 118 valence electrons. The number of carbonyl (C=O) groups excluding carboxylic acids is 1. The largest absolute Gasteiger partial charge is 0.396 e. The van der Waals surface area contributed by atoms with Gasteiger partial charge in [-0.1, -0.05) is 20.3 Å². The molecule has 0 unspecified atom stereocenters. The average Bonchev–Trinajstić information content (AvgIpc) is 2.85. The fourth-order valence-corrected chi connectivity index (χ4v) is 2.52. The van der Waals surface area contributed by atoms with Crippen LogP contribution in [0.3, 0.4) is 0 Å². The van der Waals surface area contributed by atoms with Gasteiger partial charge in [0.15, 0.2) is 0 Å². The van der Waals surface area contributed by atoms with Gasteiger partial charge in [-0.25, -0.2) is 9.48 Å². The Morgan fingerprint density at radius 3 is 2.71 bits per heavy atom. The second kappa shape index (κ2) is 6.47. The second-order valence-corrected chi connectivity index (χ2v) is 6.46. The Labute approximate surface area is 125 Å². The highest BCUT2D eigenvalue weighted by atomic mass is 16.3. The summed E-state index contributed by atoms with van der Waals surface area (Å²) in [4.78, 5) is 12.0. The molecule has 1 aliphatic rings. The van der Waals surface area contributed by atoms with Crippen molar-refractivity contribution in [1.82, 2.24) is 15.1 Å². The van der Waals surface area contributed by atoms with Crippen LogP contribution in [-0.4, -0.2) is 34.1 Å².